The van der Waals surface area contributed by atoms with Crippen LogP contribution in [0.2, 0.25) is 0 Å². The van der Waals surface area contributed by atoms with Crippen molar-refractivity contribution >= 4 is 31.6 Å². The Kier molecular flexibility index (Phi) is 11.7. The summed E-state index contributed by atoms with van der Waals surface area (Å²) in [6.45, 7) is 34.5. The zero-order chi connectivity index (χ0) is 49.5. The molecule has 10 aliphatic carbocycles. The topological polar surface area (TPSA) is 116 Å². The molecule has 2 saturated heterocycles. The molecule has 12 fully saturated rings. The molecule has 0 aromatic rings. The zero-order valence-corrected chi connectivity index (χ0v) is 46.0. The van der Waals surface area contributed by atoms with Crippen LogP contribution in [0.1, 0.15) is 232 Å². The monoisotopic (exact) mass is 1060 g/mol. The molecule has 392 valence electrons. The molecular weight excluding hydrogens is 959 g/mol. The Balaban J connectivity index is 0.000000158. The van der Waals surface area contributed by atoms with Gasteiger partial charge in [0, 0.05) is 23.7 Å². The van der Waals surface area contributed by atoms with Crippen LogP contribution in [0.4, 0.5) is 0 Å². The number of aliphatic hydroxyl groups excluding tert-OH is 3. The number of aliphatic hydroxyl groups is 4. The summed E-state index contributed by atoms with van der Waals surface area (Å²) < 4.78 is 13.6. The Hall–Kier alpha value is 0.300. The molecule has 10 saturated carbocycles. The Morgan fingerprint density at radius 1 is 0.493 bits per heavy atom. The predicted molar refractivity (Wildman–Crippen MR) is 278 cm³/mol. The molecule has 12 aliphatic rings. The molecule has 2 aliphatic heterocycles. The molecule has 0 bridgehead atoms. The molecular formula is C61H103InO7. The summed E-state index contributed by atoms with van der Waals surface area (Å²) in [5.41, 5.74) is 0.636. The molecule has 2 heterocycles. The Morgan fingerprint density at radius 3 is 1.36 bits per heavy atom. The van der Waals surface area contributed by atoms with Gasteiger partial charge in [-0.15, -0.1) is 0 Å². The fraction of sp³-hybridized carbons (Fsp3) is 0.984. The van der Waals surface area contributed by atoms with Gasteiger partial charge in [-0.05, 0) is 228 Å². The maximum atomic E-state index is 12.9. The third kappa shape index (κ3) is 6.42. The molecule has 21 atom stereocenters. The maximum absolute atomic E-state index is 12.9. The molecule has 6 unspecified atom stereocenters. The molecule has 0 radical (unpaired) electrons. The molecule has 0 aromatic heterocycles. The van der Waals surface area contributed by atoms with Crippen molar-refractivity contribution in [2.75, 3.05) is 0 Å². The van der Waals surface area contributed by atoms with Gasteiger partial charge in [0.1, 0.15) is 5.78 Å². The average molecular weight is 1060 g/mol. The van der Waals surface area contributed by atoms with Crippen LogP contribution in [-0.4, -0.2) is 99.4 Å². The Bertz CT molecular complexity index is 2090. The molecule has 69 heavy (non-hydrogen) atoms. The van der Waals surface area contributed by atoms with E-state index in [1.165, 1.54) is 64.2 Å². The minimum atomic E-state index is -0.855. The van der Waals surface area contributed by atoms with Crippen LogP contribution in [0, 0.1) is 95.1 Å². The Labute approximate surface area is 438 Å². The van der Waals surface area contributed by atoms with Crippen molar-refractivity contribution in [2.45, 2.75) is 280 Å². The number of carbonyl (C=O) groups excluding carboxylic acids is 1. The summed E-state index contributed by atoms with van der Waals surface area (Å²) in [6.07, 6.45) is 21.8. The molecule has 4 spiro atoms. The van der Waals surface area contributed by atoms with Crippen LogP contribution in [0.3, 0.4) is 0 Å². The van der Waals surface area contributed by atoms with Gasteiger partial charge in [0.2, 0.25) is 0 Å². The zero-order valence-electron chi connectivity index (χ0n) is 46.0. The number of ether oxygens (including phenoxy) is 2. The van der Waals surface area contributed by atoms with Crippen molar-refractivity contribution in [2.24, 2.45) is 95.1 Å². The van der Waals surface area contributed by atoms with Gasteiger partial charge in [-0.3, -0.25) is 4.79 Å². The van der Waals surface area contributed by atoms with Crippen molar-refractivity contribution in [1.82, 2.24) is 0 Å². The number of hydrogen-bond acceptors (Lipinski definition) is 7. The first-order valence-corrected chi connectivity index (χ1v) is 28.8. The van der Waals surface area contributed by atoms with Crippen LogP contribution >= 0.6 is 0 Å². The third-order valence-electron chi connectivity index (χ3n) is 27.6. The van der Waals surface area contributed by atoms with E-state index in [0.717, 1.165) is 64.2 Å². The molecule has 0 amide bonds. The number of rotatable bonds is 3. The molecule has 8 heteroatoms. The second kappa shape index (κ2) is 15.3. The van der Waals surface area contributed by atoms with Crippen LogP contribution in [-0.2, 0) is 14.3 Å². The van der Waals surface area contributed by atoms with Gasteiger partial charge < -0.3 is 29.9 Å². The van der Waals surface area contributed by atoms with Crippen LogP contribution in [0.15, 0.2) is 0 Å². The molecule has 4 N–H and O–H groups in total. The van der Waals surface area contributed by atoms with Crippen molar-refractivity contribution in [3.63, 3.8) is 0 Å². The van der Waals surface area contributed by atoms with Gasteiger partial charge in [0.15, 0.2) is 0 Å². The van der Waals surface area contributed by atoms with Crippen molar-refractivity contribution in [1.29, 1.82) is 0 Å². The van der Waals surface area contributed by atoms with Gasteiger partial charge in [0.25, 0.3) is 0 Å². The summed E-state index contributed by atoms with van der Waals surface area (Å²) in [7, 11) is 0. The first kappa shape index (κ1) is 52.7. The summed E-state index contributed by atoms with van der Waals surface area (Å²) in [5.74, 6) is 3.37. The number of ketones is 1. The van der Waals surface area contributed by atoms with E-state index in [1.807, 2.05) is 13.8 Å². The van der Waals surface area contributed by atoms with Crippen LogP contribution in [0.25, 0.3) is 0 Å². The number of carbonyl (C=O) groups is 1. The molecule has 12 rings (SSSR count). The van der Waals surface area contributed by atoms with E-state index in [2.05, 4.69) is 90.0 Å². The molecule has 7 nitrogen and oxygen atoms in total. The first-order valence-electron chi connectivity index (χ1n) is 28.8. The van der Waals surface area contributed by atoms with Gasteiger partial charge in [-0.2, -0.15) is 0 Å². The van der Waals surface area contributed by atoms with Crippen LogP contribution < -0.4 is 0 Å². The Morgan fingerprint density at radius 2 is 0.913 bits per heavy atom. The minimum absolute atomic E-state index is 0. The number of Topliss-reactive ketones (excluding diaryl/α,β-unsaturated/α-hetero) is 1. The fourth-order valence-electron chi connectivity index (χ4n) is 24.1. The van der Waals surface area contributed by atoms with Gasteiger partial charge in [0.05, 0.1) is 47.3 Å². The molecule has 0 aromatic carbocycles. The van der Waals surface area contributed by atoms with Gasteiger partial charge in [-0.1, -0.05) is 76.2 Å². The van der Waals surface area contributed by atoms with Crippen molar-refractivity contribution in [3.8, 4) is 0 Å². The van der Waals surface area contributed by atoms with E-state index < -0.39 is 11.2 Å². The van der Waals surface area contributed by atoms with E-state index in [0.29, 0.717) is 51.1 Å². The quantitative estimate of drug-likeness (QED) is 0.222. The SMILES string of the molecule is CC(C)(C)[C@H]1CC[C@@](C)(C2[C@@H](O)C[C@@]3(C)C4CCC5C(C)(C)[C@@H](O)CC[C@@]56C[C@@]46CC[C@]23C)O1.CC1(C)C(=O)CC[C@]23C[C@]24CC[C@]2(C)C([C@]5(C)CC[C@H](C(C)(C)O)O5)[C@@H](O)C[C@@]2(C)C4CCC13.[InH3]. The van der Waals surface area contributed by atoms with E-state index >= 15 is 0 Å². The van der Waals surface area contributed by atoms with Crippen LogP contribution in [0.5, 0.6) is 0 Å². The summed E-state index contributed by atoms with van der Waals surface area (Å²) in [5, 5.41) is 45.1. The second-order valence-electron chi connectivity index (χ2n) is 32.0. The standard InChI is InChI=1S/C31H52O3.C30H48O4.In.3H/c1-25(2,3)23-12-13-29(8,34-23)24-19(32)17-28(7)21-10-9-20-26(4,5)22(33)11-14-30(20)18-31(21,30)16-15-27(24,28)6;1-24(2)19-8-9-20-27(6)16-18(31)23(28(7)12-11-22(34-28)25(3,4)33)26(27,5)14-15-30(20)17-29(19,30)13-10-21(24)32;;;;/h19-24,32-33H,9-18H2,1-8H3;18-20,22-23,31,33H,8-17H2,1-7H3;;;;/t19-,20?,21?,22-,23+,24?,27+,28-,29-,30+,31-;18-,19?,20?,22+,23?,26+,27-,28-,29+,30-;;;;/m00..../s1. The number of fused-ring (bicyclic) bond motifs is 4. The predicted octanol–water partition coefficient (Wildman–Crippen LogP) is 11.2. The van der Waals surface area contributed by atoms with E-state index in [1.54, 1.807) is 0 Å². The first-order chi connectivity index (χ1) is 31.2. The van der Waals surface area contributed by atoms with E-state index in [9.17, 15) is 25.2 Å². The third-order valence-corrected chi connectivity index (χ3v) is 27.6. The normalized spacial score (nSPS) is 58.2. The summed E-state index contributed by atoms with van der Waals surface area (Å²) in [6, 6.07) is 0. The fourth-order valence-corrected chi connectivity index (χ4v) is 24.1. The van der Waals surface area contributed by atoms with Gasteiger partial charge >= 0.3 is 25.8 Å². The average Bonchev–Trinajstić information content (AvgIpc) is 3.82. The summed E-state index contributed by atoms with van der Waals surface area (Å²) >= 11 is 0. The van der Waals surface area contributed by atoms with Crippen molar-refractivity contribution in [3.05, 3.63) is 0 Å². The summed E-state index contributed by atoms with van der Waals surface area (Å²) in [4.78, 5) is 12.9. The van der Waals surface area contributed by atoms with Crippen molar-refractivity contribution < 1.29 is 34.7 Å². The van der Waals surface area contributed by atoms with Gasteiger partial charge in [-0.25, -0.2) is 0 Å². The second-order valence-corrected chi connectivity index (χ2v) is 32.0. The number of hydrogen-bond donors (Lipinski definition) is 4. The van der Waals surface area contributed by atoms with E-state index in [-0.39, 0.29) is 112 Å². The van der Waals surface area contributed by atoms with E-state index in [4.69, 9.17) is 9.47 Å².